The third-order valence-electron chi connectivity index (χ3n) is 3.54. The van der Waals surface area contributed by atoms with Crippen molar-refractivity contribution in [2.75, 3.05) is 12.5 Å². The molecule has 0 aliphatic carbocycles. The lowest BCUT2D eigenvalue weighted by Crippen LogP contribution is -1.98. The molecular weight excluding hydrogens is 279 g/mol. The van der Waals surface area contributed by atoms with Gasteiger partial charge in [-0.1, -0.05) is 39.8 Å². The Morgan fingerprint density at radius 3 is 1.52 bits per heavy atom. The van der Waals surface area contributed by atoms with E-state index in [0.29, 0.717) is 5.92 Å². The van der Waals surface area contributed by atoms with Crippen LogP contribution in [0.1, 0.15) is 39.2 Å². The molecule has 0 heterocycles. The second-order valence-corrected chi connectivity index (χ2v) is 9.10. The number of rotatable bonds is 3. The fourth-order valence-corrected chi connectivity index (χ4v) is 4.01. The zero-order valence-electron chi connectivity index (χ0n) is 14.0. The smallest absolute Gasteiger partial charge is 0.123 e. The van der Waals surface area contributed by atoms with Crippen LogP contribution in [0, 0.1) is 5.82 Å². The van der Waals surface area contributed by atoms with Crippen LogP contribution in [0.15, 0.2) is 58.3 Å². The van der Waals surface area contributed by atoms with Crippen LogP contribution in [0.3, 0.4) is 0 Å². The molecule has 21 heavy (non-hydrogen) atoms. The van der Waals surface area contributed by atoms with E-state index in [1.54, 1.807) is 12.1 Å². The first-order chi connectivity index (χ1) is 9.91. The highest BCUT2D eigenvalue weighted by Gasteiger charge is 2.17. The van der Waals surface area contributed by atoms with Crippen LogP contribution >= 0.6 is 10.0 Å². The minimum absolute atomic E-state index is 0.172. The Hall–Kier alpha value is -1.28. The van der Waals surface area contributed by atoms with Crippen molar-refractivity contribution < 1.29 is 4.39 Å². The van der Waals surface area contributed by atoms with E-state index < -0.39 is 10.0 Å². The molecule has 0 fully saturated rings. The predicted octanol–water partition coefficient (Wildman–Crippen LogP) is 6.46. The molecule has 0 aromatic heterocycles. The average Bonchev–Trinajstić information content (AvgIpc) is 2.50. The third-order valence-corrected chi connectivity index (χ3v) is 6.44. The molecule has 2 rings (SSSR count). The third kappa shape index (κ3) is 4.34. The van der Waals surface area contributed by atoms with E-state index in [-0.39, 0.29) is 5.82 Å². The second-order valence-electron chi connectivity index (χ2n) is 5.50. The molecule has 0 atom stereocenters. The lowest BCUT2D eigenvalue weighted by atomic mass is 10.0. The predicted molar refractivity (Wildman–Crippen MR) is 94.3 cm³/mol. The highest BCUT2D eigenvalue weighted by molar-refractivity contribution is 8.32. The van der Waals surface area contributed by atoms with Gasteiger partial charge in [-0.25, -0.2) is 4.39 Å². The van der Waals surface area contributed by atoms with Crippen molar-refractivity contribution in [3.8, 4) is 0 Å². The maximum atomic E-state index is 13.0. The SMILES string of the molecule is CC.CC(C)c1ccc(S(C)(C)c2ccc(F)cc2)cc1. The summed E-state index contributed by atoms with van der Waals surface area (Å²) < 4.78 is 13.0. The molecule has 0 radical (unpaired) electrons. The first-order valence-electron chi connectivity index (χ1n) is 7.50. The van der Waals surface area contributed by atoms with Crippen molar-refractivity contribution in [1.29, 1.82) is 0 Å². The number of hydrogen-bond donors (Lipinski definition) is 0. The molecule has 0 N–H and O–H groups in total. The standard InChI is InChI=1S/C17H21FS.C2H6/c1-13(2)14-5-9-16(10-6-14)19(3,4)17-11-7-15(18)8-12-17;1-2/h5-13H,1-4H3;1-2H3. The van der Waals surface area contributed by atoms with Crippen LogP contribution in [0.25, 0.3) is 0 Å². The van der Waals surface area contributed by atoms with Gasteiger partial charge in [-0.3, -0.25) is 0 Å². The van der Waals surface area contributed by atoms with E-state index in [1.165, 1.54) is 15.4 Å². The number of benzene rings is 2. The van der Waals surface area contributed by atoms with Gasteiger partial charge in [0.15, 0.2) is 0 Å². The summed E-state index contributed by atoms with van der Waals surface area (Å²) in [5.41, 5.74) is 1.36. The fourth-order valence-electron chi connectivity index (χ4n) is 2.10. The van der Waals surface area contributed by atoms with E-state index in [9.17, 15) is 4.39 Å². The van der Waals surface area contributed by atoms with Gasteiger partial charge in [0.1, 0.15) is 5.82 Å². The quantitative estimate of drug-likeness (QED) is 0.610. The van der Waals surface area contributed by atoms with Gasteiger partial charge in [0.25, 0.3) is 0 Å². The maximum Gasteiger partial charge on any atom is 0.123 e. The molecule has 2 heteroatoms. The van der Waals surface area contributed by atoms with Gasteiger partial charge in [-0.2, -0.15) is 10.0 Å². The van der Waals surface area contributed by atoms with E-state index in [0.717, 1.165) is 0 Å². The summed E-state index contributed by atoms with van der Waals surface area (Å²) in [5, 5.41) is 0. The van der Waals surface area contributed by atoms with E-state index in [4.69, 9.17) is 0 Å². The highest BCUT2D eigenvalue weighted by Crippen LogP contribution is 2.56. The van der Waals surface area contributed by atoms with E-state index in [2.05, 4.69) is 50.6 Å². The van der Waals surface area contributed by atoms with Crippen molar-refractivity contribution in [2.24, 2.45) is 0 Å². The first-order valence-corrected chi connectivity index (χ1v) is 9.95. The molecule has 0 nitrogen and oxygen atoms in total. The zero-order chi connectivity index (χ0) is 16.0. The molecule has 0 unspecified atom stereocenters. The van der Waals surface area contributed by atoms with Crippen molar-refractivity contribution >= 4 is 10.0 Å². The van der Waals surface area contributed by atoms with Crippen molar-refractivity contribution in [2.45, 2.75) is 43.4 Å². The molecule has 0 spiro atoms. The summed E-state index contributed by atoms with van der Waals surface area (Å²) in [6.45, 7) is 8.40. The Kier molecular flexibility index (Phi) is 6.47. The zero-order valence-corrected chi connectivity index (χ0v) is 14.8. The van der Waals surface area contributed by atoms with Gasteiger partial charge < -0.3 is 0 Å². The lowest BCUT2D eigenvalue weighted by molar-refractivity contribution is 0.626. The maximum absolute atomic E-state index is 13.0. The highest BCUT2D eigenvalue weighted by atomic mass is 32.3. The Morgan fingerprint density at radius 2 is 1.14 bits per heavy atom. The van der Waals surface area contributed by atoms with Crippen molar-refractivity contribution in [3.63, 3.8) is 0 Å². The molecule has 2 aromatic rings. The molecule has 0 aliphatic heterocycles. The number of hydrogen-bond acceptors (Lipinski definition) is 0. The molecular formula is C19H27FS. The summed E-state index contributed by atoms with van der Waals surface area (Å²) in [7, 11) is -1.06. The minimum atomic E-state index is -1.06. The van der Waals surface area contributed by atoms with Crippen LogP contribution in [-0.4, -0.2) is 12.5 Å². The molecule has 2 aromatic carbocycles. The molecule has 0 aliphatic rings. The summed E-state index contributed by atoms with van der Waals surface area (Å²) in [6.07, 6.45) is 4.51. The van der Waals surface area contributed by atoms with Gasteiger partial charge in [0.05, 0.1) is 0 Å². The molecule has 0 saturated carbocycles. The number of halogens is 1. The Balaban J connectivity index is 0.00000106. The summed E-state index contributed by atoms with van der Waals surface area (Å²) >= 11 is 0. The topological polar surface area (TPSA) is 0 Å². The Bertz CT molecular complexity index is 539. The minimum Gasteiger partial charge on any atom is -0.207 e. The van der Waals surface area contributed by atoms with Gasteiger partial charge in [-0.05, 0) is 70.2 Å². The molecule has 0 bridgehead atoms. The van der Waals surface area contributed by atoms with Crippen molar-refractivity contribution in [3.05, 3.63) is 59.9 Å². The second kappa shape index (κ2) is 7.65. The van der Waals surface area contributed by atoms with Gasteiger partial charge in [0.2, 0.25) is 0 Å². The van der Waals surface area contributed by atoms with Crippen LogP contribution in [0.2, 0.25) is 0 Å². The Morgan fingerprint density at radius 1 is 0.762 bits per heavy atom. The van der Waals surface area contributed by atoms with Crippen LogP contribution < -0.4 is 0 Å². The normalized spacial score (nSPS) is 11.8. The summed E-state index contributed by atoms with van der Waals surface area (Å²) in [6, 6.07) is 15.7. The Labute approximate surface area is 130 Å². The summed E-state index contributed by atoms with van der Waals surface area (Å²) in [4.78, 5) is 2.55. The summed E-state index contributed by atoms with van der Waals surface area (Å²) in [5.74, 6) is 0.382. The van der Waals surface area contributed by atoms with Crippen LogP contribution in [-0.2, 0) is 0 Å². The monoisotopic (exact) mass is 306 g/mol. The molecule has 116 valence electrons. The van der Waals surface area contributed by atoms with Crippen LogP contribution in [0.5, 0.6) is 0 Å². The van der Waals surface area contributed by atoms with Gasteiger partial charge in [0, 0.05) is 0 Å². The van der Waals surface area contributed by atoms with Gasteiger partial charge in [-0.15, -0.1) is 0 Å². The van der Waals surface area contributed by atoms with Crippen LogP contribution in [0.4, 0.5) is 4.39 Å². The van der Waals surface area contributed by atoms with Crippen molar-refractivity contribution in [1.82, 2.24) is 0 Å². The van der Waals surface area contributed by atoms with Gasteiger partial charge >= 0.3 is 0 Å². The first kappa shape index (κ1) is 17.8. The van der Waals surface area contributed by atoms with E-state index in [1.807, 2.05) is 26.0 Å². The molecule has 0 amide bonds. The molecule has 0 saturated heterocycles. The largest absolute Gasteiger partial charge is 0.207 e. The average molecular weight is 306 g/mol. The van der Waals surface area contributed by atoms with E-state index >= 15 is 0 Å². The lowest BCUT2D eigenvalue weighted by Gasteiger charge is -2.32. The fraction of sp³-hybridized carbons (Fsp3) is 0.368.